The number of nitrogens with zero attached hydrogens (tertiary/aromatic N) is 1. The van der Waals surface area contributed by atoms with Gasteiger partial charge in [-0.2, -0.15) is 0 Å². The Hall–Kier alpha value is -2.56. The first kappa shape index (κ1) is 18.8. The van der Waals surface area contributed by atoms with Crippen molar-refractivity contribution >= 4 is 5.91 Å². The van der Waals surface area contributed by atoms with Crippen LogP contribution in [0.2, 0.25) is 0 Å². The number of fused-ring (bicyclic) bond motifs is 1. The van der Waals surface area contributed by atoms with Gasteiger partial charge >= 0.3 is 0 Å². The van der Waals surface area contributed by atoms with Crippen molar-refractivity contribution in [3.63, 3.8) is 0 Å². The Morgan fingerprint density at radius 3 is 2.50 bits per heavy atom. The first-order valence-corrected chi connectivity index (χ1v) is 10.1. The second-order valence-electron chi connectivity index (χ2n) is 7.56. The Labute approximate surface area is 165 Å². The van der Waals surface area contributed by atoms with E-state index >= 15 is 0 Å². The number of halogens is 1. The quantitative estimate of drug-likeness (QED) is 0.765. The highest BCUT2D eigenvalue weighted by Crippen LogP contribution is 2.43. The Morgan fingerprint density at radius 1 is 1.07 bits per heavy atom. The van der Waals surface area contributed by atoms with Crippen LogP contribution in [-0.4, -0.2) is 30.6 Å². The largest absolute Gasteiger partial charge is 0.486 e. The summed E-state index contributed by atoms with van der Waals surface area (Å²) in [5, 5.41) is 0. The topological polar surface area (TPSA) is 38.8 Å². The van der Waals surface area contributed by atoms with E-state index in [4.69, 9.17) is 9.47 Å². The lowest BCUT2D eigenvalue weighted by molar-refractivity contribution is -0.137. The van der Waals surface area contributed by atoms with Gasteiger partial charge in [0.1, 0.15) is 19.0 Å². The summed E-state index contributed by atoms with van der Waals surface area (Å²) in [7, 11) is 0. The van der Waals surface area contributed by atoms with Gasteiger partial charge in [-0.15, -0.1) is 0 Å². The third-order valence-corrected chi connectivity index (χ3v) is 5.94. The molecule has 0 aromatic heterocycles. The van der Waals surface area contributed by atoms with E-state index in [1.165, 1.54) is 12.1 Å². The van der Waals surface area contributed by atoms with Crippen LogP contribution >= 0.6 is 0 Å². The van der Waals surface area contributed by atoms with Gasteiger partial charge < -0.3 is 14.4 Å². The van der Waals surface area contributed by atoms with E-state index in [1.54, 1.807) is 12.1 Å². The van der Waals surface area contributed by atoms with Gasteiger partial charge in [-0.05, 0) is 43.5 Å². The molecule has 0 spiro atoms. The van der Waals surface area contributed by atoms with Gasteiger partial charge in [-0.1, -0.05) is 37.1 Å². The van der Waals surface area contributed by atoms with Gasteiger partial charge in [0.05, 0.1) is 5.41 Å². The molecule has 1 amide bonds. The van der Waals surface area contributed by atoms with Crippen LogP contribution in [0.15, 0.2) is 42.5 Å². The van der Waals surface area contributed by atoms with E-state index in [-0.39, 0.29) is 11.7 Å². The lowest BCUT2D eigenvalue weighted by Crippen LogP contribution is -2.45. The predicted molar refractivity (Wildman–Crippen MR) is 105 cm³/mol. The molecule has 5 heteroatoms. The number of carbonyl (C=O) groups is 1. The summed E-state index contributed by atoms with van der Waals surface area (Å²) >= 11 is 0. The molecule has 148 valence electrons. The maximum atomic E-state index is 13.7. The molecule has 1 aliphatic carbocycles. The summed E-state index contributed by atoms with van der Waals surface area (Å²) < 4.78 is 25.0. The first-order chi connectivity index (χ1) is 13.6. The zero-order valence-electron chi connectivity index (χ0n) is 16.2. The van der Waals surface area contributed by atoms with Crippen molar-refractivity contribution in [2.24, 2.45) is 0 Å². The summed E-state index contributed by atoms with van der Waals surface area (Å²) in [6.07, 6.45) is 3.64. The Kier molecular flexibility index (Phi) is 5.25. The van der Waals surface area contributed by atoms with Gasteiger partial charge in [-0.3, -0.25) is 4.79 Å². The number of benzene rings is 2. The third-order valence-electron chi connectivity index (χ3n) is 5.94. The van der Waals surface area contributed by atoms with Gasteiger partial charge in [-0.25, -0.2) is 4.39 Å². The molecule has 4 nitrogen and oxygen atoms in total. The van der Waals surface area contributed by atoms with Crippen molar-refractivity contribution in [2.75, 3.05) is 19.8 Å². The summed E-state index contributed by atoms with van der Waals surface area (Å²) in [5.41, 5.74) is 1.32. The molecule has 4 rings (SSSR count). The van der Waals surface area contributed by atoms with E-state index in [1.807, 2.05) is 30.0 Å². The molecule has 2 aromatic rings. The minimum Gasteiger partial charge on any atom is -0.486 e. The smallest absolute Gasteiger partial charge is 0.233 e. The van der Waals surface area contributed by atoms with Gasteiger partial charge in [0, 0.05) is 18.7 Å². The van der Waals surface area contributed by atoms with Crippen LogP contribution in [0.4, 0.5) is 4.39 Å². The SMILES string of the molecule is CCN(Cc1cccc2c1OCCO2)C(=O)C1(c2ccc(F)cc2)CCCC1. The monoisotopic (exact) mass is 383 g/mol. The highest BCUT2D eigenvalue weighted by Gasteiger charge is 2.44. The lowest BCUT2D eigenvalue weighted by Gasteiger charge is -2.35. The standard InChI is InChI=1S/C23H26FNO3/c1-2-25(16-17-6-5-7-20-21(17)28-15-14-27-20)22(26)23(12-3-4-13-23)18-8-10-19(24)11-9-18/h5-11H,2-4,12-16H2,1H3. The summed E-state index contributed by atoms with van der Waals surface area (Å²) in [4.78, 5) is 15.6. The number of rotatable bonds is 5. The Morgan fingerprint density at radius 2 is 1.79 bits per heavy atom. The minimum absolute atomic E-state index is 0.119. The molecule has 0 unspecified atom stereocenters. The van der Waals surface area contributed by atoms with E-state index in [9.17, 15) is 9.18 Å². The van der Waals surface area contributed by atoms with E-state index < -0.39 is 5.41 Å². The molecule has 2 aromatic carbocycles. The van der Waals surface area contributed by atoms with Crippen LogP contribution < -0.4 is 9.47 Å². The predicted octanol–water partition coefficient (Wildman–Crippen LogP) is 4.46. The van der Waals surface area contributed by atoms with Crippen molar-refractivity contribution in [3.05, 3.63) is 59.4 Å². The van der Waals surface area contributed by atoms with Crippen LogP contribution in [-0.2, 0) is 16.8 Å². The van der Waals surface area contributed by atoms with E-state index in [0.717, 1.165) is 48.3 Å². The molecule has 0 atom stereocenters. The lowest BCUT2D eigenvalue weighted by atomic mass is 9.77. The van der Waals surface area contributed by atoms with Crippen LogP contribution in [0.3, 0.4) is 0 Å². The average Bonchev–Trinajstić information content (AvgIpc) is 3.23. The van der Waals surface area contributed by atoms with Crippen LogP contribution in [0.1, 0.15) is 43.7 Å². The molecule has 0 bridgehead atoms. The van der Waals surface area contributed by atoms with Crippen molar-refractivity contribution in [3.8, 4) is 11.5 Å². The molecule has 0 radical (unpaired) electrons. The van der Waals surface area contributed by atoms with Crippen molar-refractivity contribution in [1.82, 2.24) is 4.90 Å². The molecule has 2 aliphatic rings. The summed E-state index contributed by atoms with van der Waals surface area (Å²) in [6.45, 7) is 4.14. The van der Waals surface area contributed by atoms with Gasteiger partial charge in [0.25, 0.3) is 0 Å². The molecule has 1 aliphatic heterocycles. The maximum absolute atomic E-state index is 13.7. The number of hydrogen-bond acceptors (Lipinski definition) is 3. The fraction of sp³-hybridized carbons (Fsp3) is 0.435. The molecule has 1 saturated carbocycles. The van der Waals surface area contributed by atoms with E-state index in [0.29, 0.717) is 26.3 Å². The highest BCUT2D eigenvalue weighted by molar-refractivity contribution is 5.88. The van der Waals surface area contributed by atoms with E-state index in [2.05, 4.69) is 0 Å². The number of hydrogen-bond donors (Lipinski definition) is 0. The van der Waals surface area contributed by atoms with Crippen molar-refractivity contribution < 1.29 is 18.7 Å². The van der Waals surface area contributed by atoms with Gasteiger partial charge in [0.15, 0.2) is 11.5 Å². The zero-order chi connectivity index (χ0) is 19.6. The maximum Gasteiger partial charge on any atom is 0.233 e. The second-order valence-corrected chi connectivity index (χ2v) is 7.56. The molecule has 0 saturated heterocycles. The molecule has 1 fully saturated rings. The molecular formula is C23H26FNO3. The van der Waals surface area contributed by atoms with Gasteiger partial charge in [0.2, 0.25) is 5.91 Å². The zero-order valence-corrected chi connectivity index (χ0v) is 16.2. The number of amides is 1. The van der Waals surface area contributed by atoms with Crippen LogP contribution in [0.5, 0.6) is 11.5 Å². The Balaban J connectivity index is 1.64. The number of likely N-dealkylation sites (N-methyl/N-ethyl adjacent to an activating group) is 1. The fourth-order valence-electron chi connectivity index (χ4n) is 4.47. The molecule has 28 heavy (non-hydrogen) atoms. The molecular weight excluding hydrogens is 357 g/mol. The third kappa shape index (κ3) is 3.34. The second kappa shape index (κ2) is 7.82. The first-order valence-electron chi connectivity index (χ1n) is 10.1. The summed E-state index contributed by atoms with van der Waals surface area (Å²) in [5.74, 6) is 1.32. The van der Waals surface area contributed by atoms with Crippen LogP contribution in [0, 0.1) is 5.82 Å². The number of para-hydroxylation sites is 1. The minimum atomic E-state index is -0.560. The van der Waals surface area contributed by atoms with Crippen molar-refractivity contribution in [1.29, 1.82) is 0 Å². The number of ether oxygens (including phenoxy) is 2. The number of carbonyl (C=O) groups excluding carboxylic acids is 1. The normalized spacial score (nSPS) is 17.4. The van der Waals surface area contributed by atoms with Crippen LogP contribution in [0.25, 0.3) is 0 Å². The average molecular weight is 383 g/mol. The molecule has 1 heterocycles. The summed E-state index contributed by atoms with van der Waals surface area (Å²) in [6, 6.07) is 12.3. The Bertz CT molecular complexity index is 843. The molecule has 0 N–H and O–H groups in total. The van der Waals surface area contributed by atoms with Crippen molar-refractivity contribution in [2.45, 2.75) is 44.6 Å². The fourth-order valence-corrected chi connectivity index (χ4v) is 4.47. The highest BCUT2D eigenvalue weighted by atomic mass is 19.1.